The van der Waals surface area contributed by atoms with E-state index in [1.165, 1.54) is 0 Å². The Bertz CT molecular complexity index is 325. The molecule has 3 nitrogen and oxygen atoms in total. The maximum absolute atomic E-state index is 6.03. The summed E-state index contributed by atoms with van der Waals surface area (Å²) in [6.45, 7) is 0.723. The highest BCUT2D eigenvalue weighted by Crippen LogP contribution is 2.37. The predicted octanol–water partition coefficient (Wildman–Crippen LogP) is 1.87. The van der Waals surface area contributed by atoms with Crippen molar-refractivity contribution in [2.45, 2.75) is 18.9 Å². The average molecular weight is 193 g/mol. The van der Waals surface area contributed by atoms with Gasteiger partial charge in [-0.15, -0.1) is 0 Å². The lowest BCUT2D eigenvalue weighted by atomic mass is 10.0. The molecule has 14 heavy (non-hydrogen) atoms. The van der Waals surface area contributed by atoms with Crippen molar-refractivity contribution in [1.82, 2.24) is 0 Å². The highest BCUT2D eigenvalue weighted by Gasteiger charge is 2.19. The van der Waals surface area contributed by atoms with Crippen LogP contribution in [0.1, 0.15) is 24.4 Å². The fourth-order valence-corrected chi connectivity index (χ4v) is 1.77. The van der Waals surface area contributed by atoms with Crippen LogP contribution >= 0.6 is 0 Å². The molecule has 0 radical (unpaired) electrons. The number of hydrogen-bond acceptors (Lipinski definition) is 3. The number of para-hydroxylation sites is 1. The van der Waals surface area contributed by atoms with Crippen molar-refractivity contribution in [2.24, 2.45) is 5.73 Å². The van der Waals surface area contributed by atoms with E-state index >= 15 is 0 Å². The number of rotatable bonds is 1. The summed E-state index contributed by atoms with van der Waals surface area (Å²) >= 11 is 0. The van der Waals surface area contributed by atoms with Crippen LogP contribution in [0, 0.1) is 0 Å². The molecule has 1 unspecified atom stereocenters. The Kier molecular flexibility index (Phi) is 2.59. The Morgan fingerprint density at radius 2 is 2.36 bits per heavy atom. The van der Waals surface area contributed by atoms with E-state index in [0.717, 1.165) is 36.5 Å². The van der Waals surface area contributed by atoms with Gasteiger partial charge in [0.25, 0.3) is 0 Å². The first-order valence-electron chi connectivity index (χ1n) is 4.88. The molecule has 0 aromatic heterocycles. The molecule has 0 saturated carbocycles. The van der Waals surface area contributed by atoms with Gasteiger partial charge in [-0.05, 0) is 18.9 Å². The molecular formula is C11H15NO2. The van der Waals surface area contributed by atoms with E-state index in [9.17, 15) is 0 Å². The van der Waals surface area contributed by atoms with Gasteiger partial charge in [0.15, 0.2) is 11.5 Å². The number of methoxy groups -OCH3 is 1. The lowest BCUT2D eigenvalue weighted by molar-refractivity contribution is 0.294. The first kappa shape index (κ1) is 9.34. The molecule has 1 atom stereocenters. The molecule has 1 aromatic rings. The summed E-state index contributed by atoms with van der Waals surface area (Å²) in [5.74, 6) is 1.60. The molecule has 0 spiro atoms. The number of benzene rings is 1. The zero-order valence-electron chi connectivity index (χ0n) is 8.32. The van der Waals surface area contributed by atoms with E-state index in [-0.39, 0.29) is 6.04 Å². The molecule has 1 aliphatic rings. The molecule has 3 heteroatoms. The molecule has 2 N–H and O–H groups in total. The van der Waals surface area contributed by atoms with Crippen LogP contribution < -0.4 is 15.2 Å². The van der Waals surface area contributed by atoms with Crippen LogP contribution in [0.5, 0.6) is 11.5 Å². The van der Waals surface area contributed by atoms with Gasteiger partial charge in [0.05, 0.1) is 13.7 Å². The number of fused-ring (bicyclic) bond motifs is 1. The van der Waals surface area contributed by atoms with Crippen LogP contribution in [0.15, 0.2) is 18.2 Å². The van der Waals surface area contributed by atoms with Crippen LogP contribution in [0.25, 0.3) is 0 Å². The fourth-order valence-electron chi connectivity index (χ4n) is 1.77. The van der Waals surface area contributed by atoms with Crippen LogP contribution in [0.4, 0.5) is 0 Å². The van der Waals surface area contributed by atoms with Gasteiger partial charge in [-0.25, -0.2) is 0 Å². The van der Waals surface area contributed by atoms with Crippen LogP contribution in [0.2, 0.25) is 0 Å². The van der Waals surface area contributed by atoms with Gasteiger partial charge < -0.3 is 15.2 Å². The smallest absolute Gasteiger partial charge is 0.165 e. The molecule has 1 heterocycles. The summed E-state index contributed by atoms with van der Waals surface area (Å²) in [5.41, 5.74) is 7.09. The summed E-state index contributed by atoms with van der Waals surface area (Å²) in [4.78, 5) is 0. The monoisotopic (exact) mass is 193 g/mol. The Balaban J connectivity index is 2.46. The third kappa shape index (κ3) is 1.55. The van der Waals surface area contributed by atoms with E-state index in [0.29, 0.717) is 0 Å². The van der Waals surface area contributed by atoms with Crippen molar-refractivity contribution in [2.75, 3.05) is 13.7 Å². The maximum Gasteiger partial charge on any atom is 0.165 e. The van der Waals surface area contributed by atoms with Crippen molar-refractivity contribution in [1.29, 1.82) is 0 Å². The lowest BCUT2D eigenvalue weighted by Gasteiger charge is -2.14. The third-order valence-corrected chi connectivity index (χ3v) is 2.53. The van der Waals surface area contributed by atoms with E-state index in [2.05, 4.69) is 0 Å². The molecule has 1 aromatic carbocycles. The summed E-state index contributed by atoms with van der Waals surface area (Å²) in [7, 11) is 1.65. The molecule has 1 aliphatic heterocycles. The first-order chi connectivity index (χ1) is 6.83. The van der Waals surface area contributed by atoms with Gasteiger partial charge in [0.2, 0.25) is 0 Å². The Morgan fingerprint density at radius 3 is 3.14 bits per heavy atom. The summed E-state index contributed by atoms with van der Waals surface area (Å²) in [6, 6.07) is 5.93. The van der Waals surface area contributed by atoms with Gasteiger partial charge in [-0.3, -0.25) is 0 Å². The van der Waals surface area contributed by atoms with Crippen LogP contribution in [-0.2, 0) is 0 Å². The highest BCUT2D eigenvalue weighted by molar-refractivity contribution is 5.48. The molecule has 0 aliphatic carbocycles. The summed E-state index contributed by atoms with van der Waals surface area (Å²) < 4.78 is 10.9. The molecule has 0 bridgehead atoms. The van der Waals surface area contributed by atoms with Gasteiger partial charge >= 0.3 is 0 Å². The fraction of sp³-hybridized carbons (Fsp3) is 0.455. The topological polar surface area (TPSA) is 44.5 Å². The van der Waals surface area contributed by atoms with Gasteiger partial charge in [0, 0.05) is 11.6 Å². The number of ether oxygens (including phenoxy) is 2. The second-order valence-corrected chi connectivity index (χ2v) is 3.48. The molecule has 0 amide bonds. The van der Waals surface area contributed by atoms with Gasteiger partial charge in [0.1, 0.15) is 0 Å². The van der Waals surface area contributed by atoms with Crippen LogP contribution in [-0.4, -0.2) is 13.7 Å². The summed E-state index contributed by atoms with van der Waals surface area (Å²) in [6.07, 6.45) is 1.97. The largest absolute Gasteiger partial charge is 0.493 e. The second kappa shape index (κ2) is 3.88. The Hall–Kier alpha value is -1.22. The van der Waals surface area contributed by atoms with Crippen LogP contribution in [0.3, 0.4) is 0 Å². The minimum Gasteiger partial charge on any atom is -0.493 e. The lowest BCUT2D eigenvalue weighted by Crippen LogP contribution is -2.09. The minimum atomic E-state index is 0.0719. The normalized spacial score (nSPS) is 20.6. The quantitative estimate of drug-likeness (QED) is 0.740. The van der Waals surface area contributed by atoms with Crippen molar-refractivity contribution >= 4 is 0 Å². The SMILES string of the molecule is COc1cccc2c1OCCCC2N. The van der Waals surface area contributed by atoms with E-state index in [4.69, 9.17) is 15.2 Å². The molecule has 76 valence electrons. The Morgan fingerprint density at radius 1 is 1.50 bits per heavy atom. The molecule has 0 saturated heterocycles. The Labute approximate surface area is 83.8 Å². The highest BCUT2D eigenvalue weighted by atomic mass is 16.5. The number of nitrogens with two attached hydrogens (primary N) is 1. The van der Waals surface area contributed by atoms with E-state index < -0.39 is 0 Å². The minimum absolute atomic E-state index is 0.0719. The van der Waals surface area contributed by atoms with Crippen molar-refractivity contribution < 1.29 is 9.47 Å². The van der Waals surface area contributed by atoms with Gasteiger partial charge in [-0.2, -0.15) is 0 Å². The zero-order valence-corrected chi connectivity index (χ0v) is 8.32. The molecular weight excluding hydrogens is 178 g/mol. The van der Waals surface area contributed by atoms with E-state index in [1.807, 2.05) is 18.2 Å². The zero-order chi connectivity index (χ0) is 9.97. The average Bonchev–Trinajstić information content (AvgIpc) is 2.41. The standard InChI is InChI=1S/C11H15NO2/c1-13-10-6-2-4-8-9(12)5-3-7-14-11(8)10/h2,4,6,9H,3,5,7,12H2,1H3. The van der Waals surface area contributed by atoms with Crippen molar-refractivity contribution in [3.8, 4) is 11.5 Å². The van der Waals surface area contributed by atoms with Crippen molar-refractivity contribution in [3.05, 3.63) is 23.8 Å². The third-order valence-electron chi connectivity index (χ3n) is 2.53. The van der Waals surface area contributed by atoms with Gasteiger partial charge in [-0.1, -0.05) is 12.1 Å². The second-order valence-electron chi connectivity index (χ2n) is 3.48. The number of hydrogen-bond donors (Lipinski definition) is 1. The maximum atomic E-state index is 6.03. The first-order valence-corrected chi connectivity index (χ1v) is 4.88. The molecule has 2 rings (SSSR count). The van der Waals surface area contributed by atoms with E-state index in [1.54, 1.807) is 7.11 Å². The summed E-state index contributed by atoms with van der Waals surface area (Å²) in [5, 5.41) is 0. The molecule has 0 fully saturated rings. The van der Waals surface area contributed by atoms with Crippen molar-refractivity contribution in [3.63, 3.8) is 0 Å². The predicted molar refractivity (Wildman–Crippen MR) is 54.7 cm³/mol.